The first-order valence-corrected chi connectivity index (χ1v) is 10.1. The normalized spacial score (nSPS) is 13.5. The lowest BCUT2D eigenvalue weighted by Crippen LogP contribution is -2.44. The number of hydrogen-bond acceptors (Lipinski definition) is 5. The molecule has 156 valence electrons. The van der Waals surface area contributed by atoms with Crippen LogP contribution in [-0.4, -0.2) is 36.5 Å². The zero-order valence-electron chi connectivity index (χ0n) is 16.7. The van der Waals surface area contributed by atoms with Crippen molar-refractivity contribution in [1.29, 1.82) is 0 Å². The van der Waals surface area contributed by atoms with Crippen LogP contribution >= 0.6 is 11.6 Å². The maximum absolute atomic E-state index is 13.0. The first-order valence-electron chi connectivity index (χ1n) is 9.74. The number of aromatic nitrogens is 4. The van der Waals surface area contributed by atoms with Crippen LogP contribution in [0.15, 0.2) is 64.3 Å². The van der Waals surface area contributed by atoms with E-state index in [2.05, 4.69) is 9.97 Å². The van der Waals surface area contributed by atoms with Crippen molar-refractivity contribution in [3.63, 3.8) is 0 Å². The van der Waals surface area contributed by atoms with E-state index in [9.17, 15) is 9.59 Å². The van der Waals surface area contributed by atoms with Crippen LogP contribution in [0.2, 0.25) is 5.02 Å². The van der Waals surface area contributed by atoms with Gasteiger partial charge in [-0.15, -0.1) is 0 Å². The number of carbonyl (C=O) groups is 1. The molecule has 0 unspecified atom stereocenters. The predicted molar refractivity (Wildman–Crippen MR) is 114 cm³/mol. The highest BCUT2D eigenvalue weighted by Gasteiger charge is 2.27. The van der Waals surface area contributed by atoms with E-state index in [0.29, 0.717) is 41.1 Å². The van der Waals surface area contributed by atoms with Gasteiger partial charge in [0.15, 0.2) is 5.76 Å². The Labute approximate surface area is 182 Å². The van der Waals surface area contributed by atoms with Crippen molar-refractivity contribution in [1.82, 2.24) is 24.0 Å². The Hall–Kier alpha value is -3.65. The highest BCUT2D eigenvalue weighted by Crippen LogP contribution is 2.23. The van der Waals surface area contributed by atoms with Crippen molar-refractivity contribution in [3.05, 3.63) is 87.8 Å². The van der Waals surface area contributed by atoms with Gasteiger partial charge in [0.05, 0.1) is 24.8 Å². The van der Waals surface area contributed by atoms with E-state index in [-0.39, 0.29) is 18.0 Å². The second-order valence-electron chi connectivity index (χ2n) is 7.33. The van der Waals surface area contributed by atoms with E-state index in [4.69, 9.17) is 16.0 Å². The van der Waals surface area contributed by atoms with E-state index in [1.54, 1.807) is 52.5 Å². The molecule has 1 aliphatic rings. The van der Waals surface area contributed by atoms with Gasteiger partial charge in [-0.2, -0.15) is 0 Å². The first kappa shape index (κ1) is 19.3. The van der Waals surface area contributed by atoms with Crippen molar-refractivity contribution in [2.45, 2.75) is 20.0 Å². The van der Waals surface area contributed by atoms with Crippen LogP contribution in [0.5, 0.6) is 0 Å². The van der Waals surface area contributed by atoms with E-state index in [1.807, 2.05) is 19.1 Å². The third kappa shape index (κ3) is 3.55. The molecule has 4 heterocycles. The third-order valence-electron chi connectivity index (χ3n) is 5.25. The van der Waals surface area contributed by atoms with Crippen LogP contribution in [0.4, 0.5) is 0 Å². The van der Waals surface area contributed by atoms with Gasteiger partial charge in [0, 0.05) is 29.9 Å². The Morgan fingerprint density at radius 1 is 1.06 bits per heavy atom. The minimum atomic E-state index is -0.233. The molecule has 3 aromatic heterocycles. The van der Waals surface area contributed by atoms with Crippen molar-refractivity contribution < 1.29 is 9.21 Å². The molecule has 0 saturated heterocycles. The Morgan fingerprint density at radius 3 is 2.61 bits per heavy atom. The second-order valence-corrected chi connectivity index (χ2v) is 7.77. The fourth-order valence-electron chi connectivity index (χ4n) is 3.65. The quantitative estimate of drug-likeness (QED) is 0.491. The van der Waals surface area contributed by atoms with Gasteiger partial charge < -0.3 is 18.5 Å². The van der Waals surface area contributed by atoms with E-state index in [0.717, 1.165) is 11.3 Å². The summed E-state index contributed by atoms with van der Waals surface area (Å²) in [7, 11) is 0. The molecular weight excluding hydrogens is 418 g/mol. The van der Waals surface area contributed by atoms with E-state index in [1.165, 1.54) is 4.57 Å². The van der Waals surface area contributed by atoms with Crippen molar-refractivity contribution >= 4 is 17.5 Å². The summed E-state index contributed by atoms with van der Waals surface area (Å²) in [5.41, 5.74) is 2.26. The average Bonchev–Trinajstić information content (AvgIpc) is 3.40. The summed E-state index contributed by atoms with van der Waals surface area (Å²) in [6.45, 7) is 2.86. The summed E-state index contributed by atoms with van der Waals surface area (Å²) in [5.74, 6) is 0.801. The number of carbonyl (C=O) groups excluding carboxylic acids is 1. The molecule has 0 atom stereocenters. The molecule has 0 fully saturated rings. The van der Waals surface area contributed by atoms with Gasteiger partial charge in [0.1, 0.15) is 11.4 Å². The molecule has 0 N–H and O–H groups in total. The molecule has 5 rings (SSSR count). The van der Waals surface area contributed by atoms with Gasteiger partial charge in [0.2, 0.25) is 5.89 Å². The lowest BCUT2D eigenvalue weighted by Gasteiger charge is -2.28. The molecular formula is C22H18ClN5O3. The summed E-state index contributed by atoms with van der Waals surface area (Å²) in [6, 6.07) is 10.6. The molecule has 0 radical (unpaired) electrons. The highest BCUT2D eigenvalue weighted by molar-refractivity contribution is 6.30. The summed E-state index contributed by atoms with van der Waals surface area (Å²) >= 11 is 5.93. The molecule has 1 aromatic carbocycles. The van der Waals surface area contributed by atoms with Gasteiger partial charge in [-0.3, -0.25) is 9.59 Å². The number of imidazole rings is 1. The minimum Gasteiger partial charge on any atom is -0.439 e. The highest BCUT2D eigenvalue weighted by atomic mass is 35.5. The molecule has 9 heteroatoms. The summed E-state index contributed by atoms with van der Waals surface area (Å²) in [6.07, 6.45) is 5.00. The minimum absolute atomic E-state index is 0.218. The van der Waals surface area contributed by atoms with E-state index < -0.39 is 0 Å². The molecule has 1 aliphatic heterocycles. The van der Waals surface area contributed by atoms with Crippen molar-refractivity contribution in [2.24, 2.45) is 0 Å². The second kappa shape index (κ2) is 7.55. The Balaban J connectivity index is 1.37. The Kier molecular flexibility index (Phi) is 4.71. The monoisotopic (exact) mass is 435 g/mol. The lowest BCUT2D eigenvalue weighted by molar-refractivity contribution is 0.0670. The topological polar surface area (TPSA) is 86.2 Å². The van der Waals surface area contributed by atoms with Gasteiger partial charge in [-0.05, 0) is 43.3 Å². The number of amides is 1. The first-order chi connectivity index (χ1) is 15.0. The van der Waals surface area contributed by atoms with Crippen LogP contribution < -0.4 is 5.56 Å². The predicted octanol–water partition coefficient (Wildman–Crippen LogP) is 3.31. The Morgan fingerprint density at radius 2 is 1.87 bits per heavy atom. The van der Waals surface area contributed by atoms with Crippen LogP contribution in [0.1, 0.15) is 22.1 Å². The number of pyridine rings is 1. The number of benzene rings is 1. The number of hydrogen-bond donors (Lipinski definition) is 0. The molecule has 0 spiro atoms. The molecule has 0 bridgehead atoms. The van der Waals surface area contributed by atoms with Crippen molar-refractivity contribution in [3.8, 4) is 17.0 Å². The van der Waals surface area contributed by atoms with Crippen molar-refractivity contribution in [2.75, 3.05) is 6.54 Å². The van der Waals surface area contributed by atoms with Crippen LogP contribution in [0, 0.1) is 6.92 Å². The fourth-order valence-corrected chi connectivity index (χ4v) is 3.78. The molecule has 4 aromatic rings. The fraction of sp³-hybridized carbons (Fsp3) is 0.182. The van der Waals surface area contributed by atoms with Crippen LogP contribution in [-0.2, 0) is 13.1 Å². The lowest BCUT2D eigenvalue weighted by atomic mass is 10.2. The summed E-state index contributed by atoms with van der Waals surface area (Å²) in [4.78, 5) is 36.0. The molecule has 8 nitrogen and oxygen atoms in total. The van der Waals surface area contributed by atoms with Gasteiger partial charge in [0.25, 0.3) is 11.5 Å². The van der Waals surface area contributed by atoms with E-state index >= 15 is 0 Å². The number of oxazole rings is 1. The summed E-state index contributed by atoms with van der Waals surface area (Å²) in [5, 5.41) is 0.641. The number of rotatable bonds is 4. The SMILES string of the molecule is Cc1cn(-c2ccc3n(c2=O)CCN(Cc2ncc(-c4ccc(Cl)cc4)o2)C3=O)cn1. The van der Waals surface area contributed by atoms with Gasteiger partial charge >= 0.3 is 0 Å². The molecule has 1 amide bonds. The third-order valence-corrected chi connectivity index (χ3v) is 5.50. The van der Waals surface area contributed by atoms with Gasteiger partial charge in [-0.1, -0.05) is 11.6 Å². The number of aryl methyl sites for hydroxylation is 1. The zero-order valence-corrected chi connectivity index (χ0v) is 17.4. The summed E-state index contributed by atoms with van der Waals surface area (Å²) < 4.78 is 9.01. The molecule has 31 heavy (non-hydrogen) atoms. The molecule has 0 aliphatic carbocycles. The molecule has 0 saturated carbocycles. The number of halogens is 1. The smallest absolute Gasteiger partial charge is 0.275 e. The van der Waals surface area contributed by atoms with Gasteiger partial charge in [-0.25, -0.2) is 9.97 Å². The number of nitrogens with zero attached hydrogens (tertiary/aromatic N) is 5. The maximum Gasteiger partial charge on any atom is 0.275 e. The average molecular weight is 436 g/mol. The maximum atomic E-state index is 13.0. The zero-order chi connectivity index (χ0) is 21.5. The Bertz CT molecular complexity index is 1340. The van der Waals surface area contributed by atoms with Crippen LogP contribution in [0.25, 0.3) is 17.0 Å². The largest absolute Gasteiger partial charge is 0.439 e. The van der Waals surface area contributed by atoms with Crippen LogP contribution in [0.3, 0.4) is 0 Å². The standard InChI is InChI=1S/C22H18ClN5O3/c1-14-11-27(13-25-14)17-6-7-18-21(29)26(8-9-28(18)22(17)30)12-20-24-10-19(31-20)15-2-4-16(23)5-3-15/h2-7,10-11,13H,8-9,12H2,1H3. The number of fused-ring (bicyclic) bond motifs is 1.